The highest BCUT2D eigenvalue weighted by Crippen LogP contribution is 2.51. The number of hydrogen-bond acceptors (Lipinski definition) is 4. The summed E-state index contributed by atoms with van der Waals surface area (Å²) >= 11 is 9.33. The van der Waals surface area contributed by atoms with Crippen molar-refractivity contribution in [3.05, 3.63) is 85.8 Å². The van der Waals surface area contributed by atoms with Gasteiger partial charge in [0.1, 0.15) is 17.4 Å². The highest BCUT2D eigenvalue weighted by Gasteiger charge is 2.56. The molecule has 3 aromatic carbocycles. The number of nitrogens with one attached hydrogen (secondary N) is 2. The first-order chi connectivity index (χ1) is 17.8. The number of amides is 2. The fourth-order valence-corrected chi connectivity index (χ4v) is 4.85. The molecule has 3 aromatic rings. The topological polar surface area (TPSA) is 84.5 Å². The third-order valence-corrected chi connectivity index (χ3v) is 7.15. The Hall–Kier alpha value is -3.51. The number of alkyl halides is 3. The molecule has 0 saturated heterocycles. The van der Waals surface area contributed by atoms with Gasteiger partial charge in [-0.25, -0.2) is 8.78 Å². The highest BCUT2D eigenvalue weighted by molar-refractivity contribution is 9.10. The van der Waals surface area contributed by atoms with Crippen LogP contribution in [0.3, 0.4) is 0 Å². The van der Waals surface area contributed by atoms with Gasteiger partial charge in [0.15, 0.2) is 11.4 Å². The van der Waals surface area contributed by atoms with E-state index in [0.717, 1.165) is 18.2 Å². The first-order valence-corrected chi connectivity index (χ1v) is 12.0. The predicted octanol–water partition coefficient (Wildman–Crippen LogP) is 6.75. The van der Waals surface area contributed by atoms with Crippen molar-refractivity contribution in [2.24, 2.45) is 0 Å². The molecule has 1 saturated carbocycles. The van der Waals surface area contributed by atoms with Crippen molar-refractivity contribution in [2.75, 3.05) is 10.6 Å². The van der Waals surface area contributed by atoms with Crippen molar-refractivity contribution < 1.29 is 41.1 Å². The summed E-state index contributed by atoms with van der Waals surface area (Å²) < 4.78 is 73.2. The Morgan fingerprint density at radius 1 is 1.05 bits per heavy atom. The lowest BCUT2D eigenvalue weighted by atomic mass is 9.99. The summed E-state index contributed by atoms with van der Waals surface area (Å²) in [6, 6.07) is 5.50. The van der Waals surface area contributed by atoms with E-state index >= 15 is 0 Å². The summed E-state index contributed by atoms with van der Waals surface area (Å²) in [4.78, 5) is 39.0. The van der Waals surface area contributed by atoms with Crippen LogP contribution in [0.1, 0.15) is 44.7 Å². The zero-order valence-electron chi connectivity index (χ0n) is 18.7. The number of hydrogen-bond donors (Lipinski definition) is 2. The molecular formula is C25H13BrClF5N2O4. The maximum Gasteiger partial charge on any atom is 0.416 e. The van der Waals surface area contributed by atoms with Gasteiger partial charge in [0.2, 0.25) is 0 Å². The van der Waals surface area contributed by atoms with E-state index in [4.69, 9.17) is 16.3 Å². The molecule has 2 amide bonds. The molecule has 13 heteroatoms. The number of anilines is 2. The number of fused-ring (bicyclic) bond motifs is 1. The Morgan fingerprint density at radius 2 is 1.76 bits per heavy atom. The summed E-state index contributed by atoms with van der Waals surface area (Å²) in [5.41, 5.74) is -4.01. The van der Waals surface area contributed by atoms with Gasteiger partial charge >= 0.3 is 6.18 Å². The average Bonchev–Trinajstić information content (AvgIpc) is 3.61. The molecule has 0 atom stereocenters. The number of benzene rings is 3. The molecule has 0 radical (unpaired) electrons. The van der Waals surface area contributed by atoms with Crippen molar-refractivity contribution in [3.8, 4) is 5.75 Å². The monoisotopic (exact) mass is 614 g/mol. The molecule has 1 spiro atoms. The molecule has 1 aliphatic heterocycles. The van der Waals surface area contributed by atoms with Crippen LogP contribution in [0.2, 0.25) is 5.02 Å². The van der Waals surface area contributed by atoms with Crippen molar-refractivity contribution >= 4 is 56.5 Å². The van der Waals surface area contributed by atoms with Gasteiger partial charge in [0.05, 0.1) is 32.0 Å². The van der Waals surface area contributed by atoms with Crippen LogP contribution in [0.15, 0.2) is 46.9 Å². The van der Waals surface area contributed by atoms with Gasteiger partial charge < -0.3 is 15.4 Å². The van der Waals surface area contributed by atoms with Crippen LogP contribution >= 0.6 is 27.5 Å². The van der Waals surface area contributed by atoms with Crippen LogP contribution in [0.4, 0.5) is 33.3 Å². The summed E-state index contributed by atoms with van der Waals surface area (Å²) in [5, 5.41) is 4.82. The minimum absolute atomic E-state index is 0.0477. The molecule has 38 heavy (non-hydrogen) atoms. The predicted molar refractivity (Wildman–Crippen MR) is 130 cm³/mol. The van der Waals surface area contributed by atoms with E-state index in [1.165, 1.54) is 6.07 Å². The van der Waals surface area contributed by atoms with Crippen LogP contribution in [0.5, 0.6) is 5.75 Å². The Bertz CT molecular complexity index is 1560. The van der Waals surface area contributed by atoms with Gasteiger partial charge in [-0.3, -0.25) is 14.4 Å². The summed E-state index contributed by atoms with van der Waals surface area (Å²) in [7, 11) is 0. The smallest absolute Gasteiger partial charge is 0.416 e. The van der Waals surface area contributed by atoms with E-state index in [1.807, 2.05) is 0 Å². The van der Waals surface area contributed by atoms with Crippen molar-refractivity contribution in [3.63, 3.8) is 0 Å². The van der Waals surface area contributed by atoms with Crippen molar-refractivity contribution in [1.82, 2.24) is 0 Å². The van der Waals surface area contributed by atoms with Gasteiger partial charge in [-0.2, -0.15) is 13.2 Å². The van der Waals surface area contributed by atoms with Gasteiger partial charge in [-0.1, -0.05) is 11.6 Å². The quantitative estimate of drug-likeness (QED) is 0.251. The highest BCUT2D eigenvalue weighted by atomic mass is 79.9. The summed E-state index contributed by atoms with van der Waals surface area (Å²) in [5.74, 6) is -4.56. The molecular weight excluding hydrogens is 603 g/mol. The van der Waals surface area contributed by atoms with Crippen LogP contribution in [0, 0.1) is 11.6 Å². The molecule has 1 fully saturated rings. The number of carbonyl (C=O) groups is 3. The largest absolute Gasteiger partial charge is 0.475 e. The number of ether oxygens (including phenoxy) is 1. The average molecular weight is 616 g/mol. The minimum Gasteiger partial charge on any atom is -0.475 e. The Morgan fingerprint density at radius 3 is 2.42 bits per heavy atom. The van der Waals surface area contributed by atoms with Crippen LogP contribution < -0.4 is 15.4 Å². The molecule has 0 aromatic heterocycles. The van der Waals surface area contributed by atoms with E-state index in [-0.39, 0.29) is 43.8 Å². The normalized spacial score (nSPS) is 15.4. The van der Waals surface area contributed by atoms with Crippen LogP contribution in [-0.4, -0.2) is 23.2 Å². The summed E-state index contributed by atoms with van der Waals surface area (Å²) in [6.07, 6.45) is -4.09. The number of ketones is 1. The molecule has 196 valence electrons. The van der Waals surface area contributed by atoms with Crippen LogP contribution in [-0.2, 0) is 11.0 Å². The Kier molecular flexibility index (Phi) is 6.22. The van der Waals surface area contributed by atoms with E-state index < -0.39 is 52.1 Å². The van der Waals surface area contributed by atoms with Crippen molar-refractivity contribution in [2.45, 2.75) is 24.6 Å². The van der Waals surface area contributed by atoms with Crippen molar-refractivity contribution in [1.29, 1.82) is 0 Å². The van der Waals surface area contributed by atoms with E-state index in [2.05, 4.69) is 26.6 Å². The SMILES string of the molecule is O=C(Nc1cc2c(c(Br)c1C(=O)c1cc(F)ccc1Cl)NC(=O)C1(CC1)O2)c1cc(F)cc(C(F)(F)F)c1. The first kappa shape index (κ1) is 26.1. The lowest BCUT2D eigenvalue weighted by Gasteiger charge is -2.28. The number of carbonyl (C=O) groups excluding carboxylic acids is 3. The molecule has 2 N–H and O–H groups in total. The van der Waals surface area contributed by atoms with Gasteiger partial charge in [0, 0.05) is 30.0 Å². The Balaban J connectivity index is 1.63. The lowest BCUT2D eigenvalue weighted by molar-refractivity contribution is -0.137. The molecule has 5 rings (SSSR count). The maximum atomic E-state index is 13.9. The second-order valence-corrected chi connectivity index (χ2v) is 9.87. The molecule has 0 bridgehead atoms. The second-order valence-electron chi connectivity index (χ2n) is 8.67. The second kappa shape index (κ2) is 9.05. The van der Waals surface area contributed by atoms with Gasteiger partial charge in [-0.05, 0) is 52.3 Å². The van der Waals surface area contributed by atoms with Crippen LogP contribution in [0.25, 0.3) is 0 Å². The third-order valence-electron chi connectivity index (χ3n) is 6.03. The Labute approximate surface area is 224 Å². The van der Waals surface area contributed by atoms with E-state index in [9.17, 15) is 36.3 Å². The fraction of sp³-hybridized carbons (Fsp3) is 0.160. The maximum absolute atomic E-state index is 13.9. The third kappa shape index (κ3) is 4.62. The fourth-order valence-electron chi connectivity index (χ4n) is 3.96. The van der Waals surface area contributed by atoms with Gasteiger partial charge in [0.25, 0.3) is 11.8 Å². The number of rotatable bonds is 4. The standard InChI is InChI=1S/C25H13BrClF5N2O4/c26-19-18(21(35)14-8-12(28)1-2-15(14)27)16(9-17-20(19)34-23(37)24(38-17)3-4-24)33-22(36)10-5-11(25(30,31)32)7-13(29)6-10/h1-2,5-9H,3-4H2,(H,33,36)(H,34,37). The zero-order chi connectivity index (χ0) is 27.6. The molecule has 6 nitrogen and oxygen atoms in total. The summed E-state index contributed by atoms with van der Waals surface area (Å²) in [6.45, 7) is 0. The van der Waals surface area contributed by atoms with E-state index in [1.54, 1.807) is 0 Å². The zero-order valence-corrected chi connectivity index (χ0v) is 21.1. The van der Waals surface area contributed by atoms with Gasteiger partial charge in [-0.15, -0.1) is 0 Å². The lowest BCUT2D eigenvalue weighted by Crippen LogP contribution is -2.39. The molecule has 1 aliphatic carbocycles. The molecule has 2 aliphatic rings. The molecule has 0 unspecified atom stereocenters. The minimum atomic E-state index is -4.92. The number of halogens is 7. The molecule has 1 heterocycles. The first-order valence-electron chi connectivity index (χ1n) is 10.8. The van der Waals surface area contributed by atoms with E-state index in [0.29, 0.717) is 25.0 Å².